The molecule has 0 bridgehead atoms. The third-order valence-corrected chi connectivity index (χ3v) is 3.86. The van der Waals surface area contributed by atoms with Crippen LogP contribution in [0.5, 0.6) is 5.75 Å². The molecule has 1 aliphatic rings. The van der Waals surface area contributed by atoms with Crippen molar-refractivity contribution in [2.45, 2.75) is 25.9 Å². The van der Waals surface area contributed by atoms with E-state index >= 15 is 0 Å². The Balaban J connectivity index is 1.87. The maximum atomic E-state index is 12.0. The van der Waals surface area contributed by atoms with Crippen molar-refractivity contribution >= 4 is 24.2 Å². The molecule has 104 valence electrons. The first kappa shape index (κ1) is 14.1. The topological polar surface area (TPSA) is 38.3 Å². The fourth-order valence-corrected chi connectivity index (χ4v) is 2.26. The van der Waals surface area contributed by atoms with Gasteiger partial charge in [0, 0.05) is 12.1 Å². The molecule has 19 heavy (non-hydrogen) atoms. The summed E-state index contributed by atoms with van der Waals surface area (Å²) in [4.78, 5) is 11.8. The first-order valence-corrected chi connectivity index (χ1v) is 6.62. The SMILES string of the molecule is O=C(CC1(CS)CC1)Nc1ccc(OC(F)F)cc1. The van der Waals surface area contributed by atoms with Crippen LogP contribution in [-0.4, -0.2) is 18.3 Å². The molecule has 1 saturated carbocycles. The largest absolute Gasteiger partial charge is 0.435 e. The van der Waals surface area contributed by atoms with E-state index in [1.54, 1.807) is 0 Å². The number of anilines is 1. The molecule has 6 heteroatoms. The molecule has 0 atom stereocenters. The van der Waals surface area contributed by atoms with Crippen molar-refractivity contribution in [3.05, 3.63) is 24.3 Å². The Morgan fingerprint density at radius 1 is 1.37 bits per heavy atom. The number of ether oxygens (including phenoxy) is 1. The standard InChI is InChI=1S/C13H15F2NO2S/c14-12(15)18-10-3-1-9(2-4-10)16-11(17)7-13(8-19)5-6-13/h1-4,12,19H,5-8H2,(H,16,17). The molecule has 1 aliphatic carbocycles. The van der Waals surface area contributed by atoms with Crippen LogP contribution in [0.25, 0.3) is 0 Å². The number of thiol groups is 1. The number of benzene rings is 1. The van der Waals surface area contributed by atoms with Crippen molar-refractivity contribution in [2.75, 3.05) is 11.1 Å². The van der Waals surface area contributed by atoms with Crippen LogP contribution in [0.15, 0.2) is 24.3 Å². The van der Waals surface area contributed by atoms with Crippen LogP contribution < -0.4 is 10.1 Å². The number of halogens is 2. The van der Waals surface area contributed by atoms with Gasteiger partial charge in [-0.3, -0.25) is 4.79 Å². The molecule has 1 aromatic rings. The van der Waals surface area contributed by atoms with Gasteiger partial charge in [0.15, 0.2) is 0 Å². The Morgan fingerprint density at radius 2 is 2.00 bits per heavy atom. The summed E-state index contributed by atoms with van der Waals surface area (Å²) in [6, 6.07) is 5.87. The van der Waals surface area contributed by atoms with Gasteiger partial charge in [-0.25, -0.2) is 0 Å². The third kappa shape index (κ3) is 4.09. The van der Waals surface area contributed by atoms with Crippen LogP contribution >= 0.6 is 12.6 Å². The first-order chi connectivity index (χ1) is 9.03. The summed E-state index contributed by atoms with van der Waals surface area (Å²) in [5.41, 5.74) is 0.632. The van der Waals surface area contributed by atoms with E-state index in [-0.39, 0.29) is 17.1 Å². The monoisotopic (exact) mass is 287 g/mol. The van der Waals surface area contributed by atoms with Gasteiger partial charge in [-0.1, -0.05) is 0 Å². The molecular formula is C13H15F2NO2S. The van der Waals surface area contributed by atoms with E-state index in [1.165, 1.54) is 24.3 Å². The zero-order valence-electron chi connectivity index (χ0n) is 10.2. The molecule has 0 unspecified atom stereocenters. The molecule has 1 amide bonds. The van der Waals surface area contributed by atoms with E-state index in [0.29, 0.717) is 17.9 Å². The predicted octanol–water partition coefficient (Wildman–Crippen LogP) is 3.33. The molecule has 2 rings (SSSR count). The minimum Gasteiger partial charge on any atom is -0.435 e. The second kappa shape index (κ2) is 5.77. The van der Waals surface area contributed by atoms with Crippen LogP contribution in [0.3, 0.4) is 0 Å². The third-order valence-electron chi connectivity index (χ3n) is 3.19. The van der Waals surface area contributed by atoms with Crippen molar-refractivity contribution in [3.63, 3.8) is 0 Å². The Morgan fingerprint density at radius 3 is 2.47 bits per heavy atom. The maximum absolute atomic E-state index is 12.0. The molecule has 1 N–H and O–H groups in total. The van der Waals surface area contributed by atoms with Gasteiger partial charge in [0.25, 0.3) is 0 Å². The molecule has 0 saturated heterocycles. The van der Waals surface area contributed by atoms with E-state index in [9.17, 15) is 13.6 Å². The van der Waals surface area contributed by atoms with E-state index < -0.39 is 6.61 Å². The second-order valence-corrected chi connectivity index (χ2v) is 5.10. The zero-order chi connectivity index (χ0) is 13.9. The molecule has 1 fully saturated rings. The Labute approximate surface area is 115 Å². The molecule has 0 radical (unpaired) electrons. The highest BCUT2D eigenvalue weighted by molar-refractivity contribution is 7.80. The molecule has 0 spiro atoms. The van der Waals surface area contributed by atoms with Crippen LogP contribution in [0.4, 0.5) is 14.5 Å². The van der Waals surface area contributed by atoms with Gasteiger partial charge in [-0.05, 0) is 48.3 Å². The van der Waals surface area contributed by atoms with Gasteiger partial charge < -0.3 is 10.1 Å². The van der Waals surface area contributed by atoms with Gasteiger partial charge >= 0.3 is 6.61 Å². The average Bonchev–Trinajstić information content (AvgIpc) is 3.11. The lowest BCUT2D eigenvalue weighted by molar-refractivity contribution is -0.117. The van der Waals surface area contributed by atoms with Crippen LogP contribution in [0, 0.1) is 5.41 Å². The highest BCUT2D eigenvalue weighted by atomic mass is 32.1. The second-order valence-electron chi connectivity index (χ2n) is 4.79. The molecule has 0 aromatic heterocycles. The summed E-state index contributed by atoms with van der Waals surface area (Å²) >= 11 is 4.24. The van der Waals surface area contributed by atoms with Gasteiger partial charge in [-0.2, -0.15) is 21.4 Å². The average molecular weight is 287 g/mol. The van der Waals surface area contributed by atoms with E-state index in [1.807, 2.05) is 0 Å². The number of alkyl halides is 2. The predicted molar refractivity (Wildman–Crippen MR) is 71.8 cm³/mol. The quantitative estimate of drug-likeness (QED) is 0.788. The first-order valence-electron chi connectivity index (χ1n) is 5.99. The van der Waals surface area contributed by atoms with Crippen LogP contribution in [0.1, 0.15) is 19.3 Å². The molecule has 0 aliphatic heterocycles. The number of rotatable bonds is 6. The summed E-state index contributed by atoms with van der Waals surface area (Å²) in [5.74, 6) is 0.706. The maximum Gasteiger partial charge on any atom is 0.387 e. The van der Waals surface area contributed by atoms with Crippen molar-refractivity contribution in [1.82, 2.24) is 0 Å². The smallest absolute Gasteiger partial charge is 0.387 e. The molecule has 3 nitrogen and oxygen atoms in total. The highest BCUT2D eigenvalue weighted by Crippen LogP contribution is 2.49. The zero-order valence-corrected chi connectivity index (χ0v) is 11.1. The van der Waals surface area contributed by atoms with E-state index in [2.05, 4.69) is 22.7 Å². The summed E-state index contributed by atoms with van der Waals surface area (Å²) in [5, 5.41) is 2.74. The highest BCUT2D eigenvalue weighted by Gasteiger charge is 2.42. The number of nitrogens with one attached hydrogen (secondary N) is 1. The lowest BCUT2D eigenvalue weighted by atomic mass is 10.1. The van der Waals surface area contributed by atoms with Crippen molar-refractivity contribution in [3.8, 4) is 5.75 Å². The fourth-order valence-electron chi connectivity index (χ4n) is 1.83. The Hall–Kier alpha value is -1.30. The summed E-state index contributed by atoms with van der Waals surface area (Å²) in [6.07, 6.45) is 2.52. The number of carbonyl (C=O) groups excluding carboxylic acids is 1. The van der Waals surface area contributed by atoms with Gasteiger partial charge in [0.05, 0.1) is 0 Å². The lowest BCUT2D eigenvalue weighted by Crippen LogP contribution is -2.18. The number of amides is 1. The van der Waals surface area contributed by atoms with Crippen molar-refractivity contribution in [1.29, 1.82) is 0 Å². The summed E-state index contributed by atoms with van der Waals surface area (Å²) in [7, 11) is 0. The van der Waals surface area contributed by atoms with Crippen LogP contribution in [0.2, 0.25) is 0 Å². The van der Waals surface area contributed by atoms with Gasteiger partial charge in [-0.15, -0.1) is 0 Å². The van der Waals surface area contributed by atoms with Gasteiger partial charge in [0.2, 0.25) is 5.91 Å². The fraction of sp³-hybridized carbons (Fsp3) is 0.462. The Kier molecular flexibility index (Phi) is 4.29. The van der Waals surface area contributed by atoms with Crippen molar-refractivity contribution < 1.29 is 18.3 Å². The molecular weight excluding hydrogens is 272 g/mol. The van der Waals surface area contributed by atoms with Gasteiger partial charge in [0.1, 0.15) is 5.75 Å². The van der Waals surface area contributed by atoms with Crippen molar-refractivity contribution in [2.24, 2.45) is 5.41 Å². The normalized spacial score (nSPS) is 16.2. The van der Waals surface area contributed by atoms with E-state index in [4.69, 9.17) is 0 Å². The summed E-state index contributed by atoms with van der Waals surface area (Å²) in [6.45, 7) is -2.84. The number of hydrogen-bond acceptors (Lipinski definition) is 3. The molecule has 1 aromatic carbocycles. The molecule has 0 heterocycles. The minimum absolute atomic E-state index is 0.0614. The van der Waals surface area contributed by atoms with Crippen LogP contribution in [-0.2, 0) is 4.79 Å². The summed E-state index contributed by atoms with van der Waals surface area (Å²) < 4.78 is 28.2. The Bertz CT molecular complexity index is 446. The minimum atomic E-state index is -2.84. The number of carbonyl (C=O) groups is 1. The van der Waals surface area contributed by atoms with E-state index in [0.717, 1.165) is 12.8 Å². The number of hydrogen-bond donors (Lipinski definition) is 2. The lowest BCUT2D eigenvalue weighted by Gasteiger charge is -2.12.